The number of carbonyl (C=O) groups excluding carboxylic acids is 2. The van der Waals surface area contributed by atoms with E-state index in [2.05, 4.69) is 41.9 Å². The number of nitrogens with two attached hydrogens (primary N) is 1. The second-order valence-electron chi connectivity index (χ2n) is 9.80. The number of hydrogen-bond acceptors (Lipinski definition) is 9. The molecule has 6 rings (SSSR count). The molecule has 1 atom stereocenters. The summed E-state index contributed by atoms with van der Waals surface area (Å²) in [5.41, 5.74) is 8.57. The van der Waals surface area contributed by atoms with Gasteiger partial charge in [0, 0.05) is 31.9 Å². The summed E-state index contributed by atoms with van der Waals surface area (Å²) < 4.78 is 3.64. The molecular weight excluding hydrogens is 498 g/mol. The molecule has 5 heterocycles. The first-order chi connectivity index (χ1) is 19.0. The molecule has 200 valence electrons. The SMILES string of the molecule is C=CC(=O)N1CCCC(n2nc(C(=O)Nc3ccc(CN4CCn5ncnc5C4)cc3)c3c(N)ncnc32)C1. The van der Waals surface area contributed by atoms with Gasteiger partial charge in [-0.25, -0.2) is 24.3 Å². The highest BCUT2D eigenvalue weighted by molar-refractivity contribution is 6.13. The van der Waals surface area contributed by atoms with Crippen molar-refractivity contribution in [1.29, 1.82) is 0 Å². The molecule has 2 aliphatic heterocycles. The number of fused-ring (bicyclic) bond motifs is 2. The van der Waals surface area contributed by atoms with Crippen LogP contribution in [0.2, 0.25) is 0 Å². The molecule has 0 aliphatic carbocycles. The molecule has 0 bridgehead atoms. The van der Waals surface area contributed by atoms with Gasteiger partial charge in [-0.1, -0.05) is 18.7 Å². The van der Waals surface area contributed by atoms with E-state index < -0.39 is 5.91 Å². The summed E-state index contributed by atoms with van der Waals surface area (Å²) in [5, 5.41) is 12.2. The number of hydrogen-bond donors (Lipinski definition) is 2. The van der Waals surface area contributed by atoms with Crippen molar-refractivity contribution in [2.24, 2.45) is 0 Å². The molecule has 1 aromatic carbocycles. The maximum Gasteiger partial charge on any atom is 0.277 e. The minimum atomic E-state index is -0.404. The van der Waals surface area contributed by atoms with Crippen molar-refractivity contribution in [3.63, 3.8) is 0 Å². The van der Waals surface area contributed by atoms with Crippen molar-refractivity contribution in [2.75, 3.05) is 30.7 Å². The Labute approximate surface area is 224 Å². The average Bonchev–Trinajstić information content (AvgIpc) is 3.59. The van der Waals surface area contributed by atoms with Crippen LogP contribution in [0, 0.1) is 0 Å². The Hall–Kier alpha value is -4.65. The Morgan fingerprint density at radius 1 is 1.10 bits per heavy atom. The molecule has 1 unspecified atom stereocenters. The summed E-state index contributed by atoms with van der Waals surface area (Å²) in [6.07, 6.45) is 5.86. The van der Waals surface area contributed by atoms with Gasteiger partial charge in [-0.2, -0.15) is 10.2 Å². The van der Waals surface area contributed by atoms with Crippen LogP contribution in [0.3, 0.4) is 0 Å². The first-order valence-corrected chi connectivity index (χ1v) is 12.9. The number of likely N-dealkylation sites (tertiary alicyclic amines) is 1. The van der Waals surface area contributed by atoms with Crippen molar-refractivity contribution in [3.8, 4) is 0 Å². The number of aromatic nitrogens is 7. The molecule has 0 saturated carbocycles. The molecule has 0 radical (unpaired) electrons. The largest absolute Gasteiger partial charge is 0.383 e. The van der Waals surface area contributed by atoms with Gasteiger partial charge in [-0.15, -0.1) is 0 Å². The standard InChI is InChI=1S/C26H29N11O2/c1-2-21(38)35-9-3-4-19(13-35)37-25-22(24(27)29-15-30-25)23(33-37)26(39)32-18-7-5-17(6-8-18)12-34-10-11-36-20(14-34)28-16-31-36/h2,5-8,15-16,19H,1,3-4,9-14H2,(H,32,39)(H2,27,29,30). The topological polar surface area (TPSA) is 153 Å². The van der Waals surface area contributed by atoms with Gasteiger partial charge in [-0.05, 0) is 36.6 Å². The lowest BCUT2D eigenvalue weighted by molar-refractivity contribution is -0.127. The van der Waals surface area contributed by atoms with E-state index in [0.29, 0.717) is 29.8 Å². The first-order valence-electron chi connectivity index (χ1n) is 12.9. The van der Waals surface area contributed by atoms with E-state index in [1.165, 1.54) is 12.4 Å². The number of carbonyl (C=O) groups is 2. The van der Waals surface area contributed by atoms with Crippen LogP contribution in [-0.2, 0) is 24.4 Å². The van der Waals surface area contributed by atoms with E-state index in [1.54, 1.807) is 15.9 Å². The van der Waals surface area contributed by atoms with Crippen LogP contribution in [0.5, 0.6) is 0 Å². The highest BCUT2D eigenvalue weighted by atomic mass is 16.2. The number of benzene rings is 1. The third kappa shape index (κ3) is 4.83. The van der Waals surface area contributed by atoms with Gasteiger partial charge in [-0.3, -0.25) is 14.5 Å². The molecule has 3 N–H and O–H groups in total. The normalized spacial score (nSPS) is 17.6. The molecule has 1 fully saturated rings. The zero-order chi connectivity index (χ0) is 26.9. The van der Waals surface area contributed by atoms with E-state index in [1.807, 2.05) is 28.9 Å². The minimum Gasteiger partial charge on any atom is -0.383 e. The molecule has 2 amide bonds. The van der Waals surface area contributed by atoms with E-state index in [4.69, 9.17) is 5.73 Å². The van der Waals surface area contributed by atoms with Crippen LogP contribution in [-0.4, -0.2) is 75.8 Å². The molecule has 2 aliphatic rings. The number of nitrogens with one attached hydrogen (secondary N) is 1. The number of nitrogen functional groups attached to an aromatic ring is 1. The number of amides is 2. The van der Waals surface area contributed by atoms with Crippen LogP contribution >= 0.6 is 0 Å². The quantitative estimate of drug-likeness (QED) is 0.356. The summed E-state index contributed by atoms with van der Waals surface area (Å²) >= 11 is 0. The van der Waals surface area contributed by atoms with Crippen LogP contribution in [0.1, 0.15) is 40.8 Å². The fourth-order valence-electron chi connectivity index (χ4n) is 5.28. The van der Waals surface area contributed by atoms with E-state index in [-0.39, 0.29) is 23.5 Å². The molecule has 13 nitrogen and oxygen atoms in total. The van der Waals surface area contributed by atoms with Crippen molar-refractivity contribution in [1.82, 2.24) is 44.3 Å². The summed E-state index contributed by atoms with van der Waals surface area (Å²) in [7, 11) is 0. The maximum atomic E-state index is 13.4. The highest BCUT2D eigenvalue weighted by Gasteiger charge is 2.29. The van der Waals surface area contributed by atoms with Crippen LogP contribution in [0.25, 0.3) is 11.0 Å². The van der Waals surface area contributed by atoms with E-state index >= 15 is 0 Å². The van der Waals surface area contributed by atoms with Gasteiger partial charge in [0.15, 0.2) is 11.3 Å². The molecule has 3 aromatic heterocycles. The van der Waals surface area contributed by atoms with Gasteiger partial charge in [0.05, 0.1) is 24.5 Å². The van der Waals surface area contributed by atoms with E-state index in [9.17, 15) is 9.59 Å². The molecular formula is C26H29N11O2. The molecule has 4 aromatic rings. The van der Waals surface area contributed by atoms with Crippen LogP contribution in [0.4, 0.5) is 11.5 Å². The Balaban J connectivity index is 1.19. The Morgan fingerprint density at radius 2 is 1.95 bits per heavy atom. The molecule has 1 saturated heterocycles. The minimum absolute atomic E-state index is 0.129. The van der Waals surface area contributed by atoms with Gasteiger partial charge < -0.3 is 16.0 Å². The summed E-state index contributed by atoms with van der Waals surface area (Å²) in [6.45, 7) is 7.93. The lowest BCUT2D eigenvalue weighted by Gasteiger charge is -2.32. The monoisotopic (exact) mass is 527 g/mol. The fraction of sp³-hybridized carbons (Fsp3) is 0.346. The number of piperidine rings is 1. The molecule has 13 heteroatoms. The number of nitrogens with zero attached hydrogens (tertiary/aromatic N) is 9. The maximum absolute atomic E-state index is 13.4. The summed E-state index contributed by atoms with van der Waals surface area (Å²) in [6, 6.07) is 7.59. The van der Waals surface area contributed by atoms with Gasteiger partial charge in [0.1, 0.15) is 24.3 Å². The lowest BCUT2D eigenvalue weighted by Crippen LogP contribution is -2.40. The Morgan fingerprint density at radius 3 is 2.77 bits per heavy atom. The number of rotatable bonds is 6. The Kier molecular flexibility index (Phi) is 6.49. The van der Waals surface area contributed by atoms with Crippen LogP contribution < -0.4 is 11.1 Å². The molecule has 0 spiro atoms. The van der Waals surface area contributed by atoms with Crippen molar-refractivity contribution in [2.45, 2.75) is 38.5 Å². The highest BCUT2D eigenvalue weighted by Crippen LogP contribution is 2.29. The number of anilines is 2. The first kappa shape index (κ1) is 24.7. The predicted octanol–water partition coefficient (Wildman–Crippen LogP) is 1.62. The zero-order valence-electron chi connectivity index (χ0n) is 21.4. The predicted molar refractivity (Wildman–Crippen MR) is 143 cm³/mol. The summed E-state index contributed by atoms with van der Waals surface area (Å²) in [5.74, 6) is 0.612. The van der Waals surface area contributed by atoms with Gasteiger partial charge in [0.2, 0.25) is 5.91 Å². The van der Waals surface area contributed by atoms with Crippen molar-refractivity contribution < 1.29 is 9.59 Å². The van der Waals surface area contributed by atoms with Crippen molar-refractivity contribution in [3.05, 3.63) is 66.7 Å². The van der Waals surface area contributed by atoms with Gasteiger partial charge in [0.25, 0.3) is 5.91 Å². The van der Waals surface area contributed by atoms with Crippen molar-refractivity contribution >= 4 is 34.4 Å². The van der Waals surface area contributed by atoms with Gasteiger partial charge >= 0.3 is 0 Å². The summed E-state index contributed by atoms with van der Waals surface area (Å²) in [4.78, 5) is 42.4. The third-order valence-electron chi connectivity index (χ3n) is 7.27. The average molecular weight is 528 g/mol. The lowest BCUT2D eigenvalue weighted by atomic mass is 10.1. The molecule has 39 heavy (non-hydrogen) atoms. The van der Waals surface area contributed by atoms with E-state index in [0.717, 1.165) is 50.4 Å². The fourth-order valence-corrected chi connectivity index (χ4v) is 5.28. The Bertz CT molecular complexity index is 1540. The second-order valence-corrected chi connectivity index (χ2v) is 9.80. The smallest absolute Gasteiger partial charge is 0.277 e. The second kappa shape index (κ2) is 10.3. The third-order valence-corrected chi connectivity index (χ3v) is 7.27. The zero-order valence-corrected chi connectivity index (χ0v) is 21.4. The van der Waals surface area contributed by atoms with Crippen LogP contribution in [0.15, 0.2) is 49.6 Å².